The Hall–Kier alpha value is -2.93. The summed E-state index contributed by atoms with van der Waals surface area (Å²) in [5.74, 6) is 0.127. The van der Waals surface area contributed by atoms with E-state index < -0.39 is 4.92 Å². The summed E-state index contributed by atoms with van der Waals surface area (Å²) in [5.41, 5.74) is 9.78. The molecule has 0 aromatic heterocycles. The van der Waals surface area contributed by atoms with Crippen LogP contribution < -0.4 is 11.2 Å². The van der Waals surface area contributed by atoms with Crippen molar-refractivity contribution in [2.75, 3.05) is 7.05 Å². The molecule has 118 valence electrons. The van der Waals surface area contributed by atoms with E-state index in [1.165, 1.54) is 19.2 Å². The van der Waals surface area contributed by atoms with Crippen LogP contribution in [-0.2, 0) is 0 Å². The zero-order valence-electron chi connectivity index (χ0n) is 12.2. The number of nitrogens with one attached hydrogen (secondary N) is 1. The Bertz CT molecular complexity index is 775. The van der Waals surface area contributed by atoms with E-state index in [9.17, 15) is 10.1 Å². The lowest BCUT2D eigenvalue weighted by Crippen LogP contribution is -2.28. The zero-order valence-corrected chi connectivity index (χ0v) is 13.0. The molecule has 2 rings (SSSR count). The lowest BCUT2D eigenvalue weighted by atomic mass is 10.0. The maximum Gasteiger partial charge on any atom is 0.288 e. The van der Waals surface area contributed by atoms with Gasteiger partial charge in [-0.1, -0.05) is 48.0 Å². The van der Waals surface area contributed by atoms with E-state index in [1.807, 2.05) is 30.3 Å². The highest BCUT2D eigenvalue weighted by Crippen LogP contribution is 2.26. The van der Waals surface area contributed by atoms with Crippen molar-refractivity contribution in [3.05, 3.63) is 74.8 Å². The molecule has 0 aliphatic heterocycles. The molecule has 0 saturated heterocycles. The Kier molecular flexibility index (Phi) is 5.27. The van der Waals surface area contributed by atoms with Gasteiger partial charge in [0, 0.05) is 24.2 Å². The summed E-state index contributed by atoms with van der Waals surface area (Å²) >= 11 is 5.86. The summed E-state index contributed by atoms with van der Waals surface area (Å²) in [6.07, 6.45) is 0. The molecule has 2 aromatic rings. The summed E-state index contributed by atoms with van der Waals surface area (Å²) in [5, 5.41) is 15.3. The van der Waals surface area contributed by atoms with Crippen molar-refractivity contribution in [1.82, 2.24) is 5.43 Å². The Morgan fingerprint density at radius 2 is 1.91 bits per heavy atom. The molecule has 0 atom stereocenters. The topological polar surface area (TPSA) is 106 Å². The summed E-state index contributed by atoms with van der Waals surface area (Å²) in [6.45, 7) is 0. The fraction of sp³-hybridized carbons (Fsp3) is 0.0667. The first-order valence-electron chi connectivity index (χ1n) is 6.58. The number of hydrogen-bond acceptors (Lipinski definition) is 4. The van der Waals surface area contributed by atoms with Crippen LogP contribution in [0.3, 0.4) is 0 Å². The molecule has 0 unspecified atom stereocenters. The molecule has 0 spiro atoms. The zero-order chi connectivity index (χ0) is 16.8. The molecule has 0 saturated carbocycles. The number of benzene rings is 2. The molecule has 3 N–H and O–H groups in total. The number of nitrogens with two attached hydrogens (primary N) is 1. The molecule has 0 amide bonds. The van der Waals surface area contributed by atoms with Gasteiger partial charge in [0.05, 0.1) is 10.6 Å². The lowest BCUT2D eigenvalue weighted by molar-refractivity contribution is -0.384. The SMILES string of the molecule is CN=C(N)N/N=C(\c1ccccc1)c1ccc(Cl)c([N+](=O)[O-])c1. The first-order chi connectivity index (χ1) is 11.0. The molecule has 23 heavy (non-hydrogen) atoms. The number of nitro groups is 1. The van der Waals surface area contributed by atoms with Crippen LogP contribution in [0.25, 0.3) is 0 Å². The summed E-state index contributed by atoms with van der Waals surface area (Å²) < 4.78 is 0. The number of nitro benzene ring substituents is 1. The molecule has 0 aliphatic rings. The van der Waals surface area contributed by atoms with E-state index in [1.54, 1.807) is 6.07 Å². The third-order valence-electron chi connectivity index (χ3n) is 2.99. The fourth-order valence-corrected chi connectivity index (χ4v) is 2.04. The normalized spacial score (nSPS) is 12.1. The monoisotopic (exact) mass is 331 g/mol. The number of aliphatic imine (C=N–C) groups is 1. The molecular formula is C15H14ClN5O2. The van der Waals surface area contributed by atoms with Crippen molar-refractivity contribution in [2.24, 2.45) is 15.8 Å². The predicted octanol–water partition coefficient (Wildman–Crippen LogP) is 2.53. The predicted molar refractivity (Wildman–Crippen MR) is 90.9 cm³/mol. The van der Waals surface area contributed by atoms with E-state index in [-0.39, 0.29) is 16.7 Å². The van der Waals surface area contributed by atoms with Gasteiger partial charge in [-0.05, 0) is 6.07 Å². The largest absolute Gasteiger partial charge is 0.369 e. The van der Waals surface area contributed by atoms with Crippen molar-refractivity contribution in [2.45, 2.75) is 0 Å². The van der Waals surface area contributed by atoms with Crippen LogP contribution in [0.15, 0.2) is 58.6 Å². The van der Waals surface area contributed by atoms with Crippen LogP contribution in [0.4, 0.5) is 5.69 Å². The smallest absolute Gasteiger partial charge is 0.288 e. The second kappa shape index (κ2) is 7.37. The van der Waals surface area contributed by atoms with E-state index in [4.69, 9.17) is 17.3 Å². The minimum Gasteiger partial charge on any atom is -0.369 e. The molecule has 0 heterocycles. The summed E-state index contributed by atoms with van der Waals surface area (Å²) in [7, 11) is 1.52. The highest BCUT2D eigenvalue weighted by molar-refractivity contribution is 6.33. The van der Waals surface area contributed by atoms with E-state index in [0.29, 0.717) is 11.3 Å². The van der Waals surface area contributed by atoms with Crippen molar-refractivity contribution in [3.63, 3.8) is 0 Å². The first-order valence-corrected chi connectivity index (χ1v) is 6.96. The lowest BCUT2D eigenvalue weighted by Gasteiger charge is -2.08. The Morgan fingerprint density at radius 1 is 1.22 bits per heavy atom. The van der Waals surface area contributed by atoms with E-state index >= 15 is 0 Å². The summed E-state index contributed by atoms with van der Waals surface area (Å²) in [4.78, 5) is 14.3. The van der Waals surface area contributed by atoms with Crippen molar-refractivity contribution in [3.8, 4) is 0 Å². The quantitative estimate of drug-likeness (QED) is 0.388. The van der Waals surface area contributed by atoms with Gasteiger partial charge in [0.2, 0.25) is 5.96 Å². The van der Waals surface area contributed by atoms with Crippen LogP contribution in [0.1, 0.15) is 11.1 Å². The molecule has 0 aliphatic carbocycles. The molecule has 8 heteroatoms. The first kappa shape index (κ1) is 16.4. The van der Waals surface area contributed by atoms with Crippen molar-refractivity contribution >= 4 is 29.0 Å². The minimum atomic E-state index is -0.538. The Morgan fingerprint density at radius 3 is 2.52 bits per heavy atom. The average Bonchev–Trinajstić information content (AvgIpc) is 2.56. The molecule has 0 fully saturated rings. The van der Waals surface area contributed by atoms with Crippen LogP contribution in [0.2, 0.25) is 5.02 Å². The van der Waals surface area contributed by atoms with Crippen LogP contribution in [0.5, 0.6) is 0 Å². The number of guanidine groups is 1. The maximum absolute atomic E-state index is 11.1. The van der Waals surface area contributed by atoms with Crippen molar-refractivity contribution in [1.29, 1.82) is 0 Å². The third kappa shape index (κ3) is 4.04. The van der Waals surface area contributed by atoms with E-state index in [0.717, 1.165) is 5.56 Å². The van der Waals surface area contributed by atoms with Gasteiger partial charge in [-0.3, -0.25) is 15.1 Å². The van der Waals surface area contributed by atoms with Crippen molar-refractivity contribution < 1.29 is 4.92 Å². The van der Waals surface area contributed by atoms with E-state index in [2.05, 4.69) is 15.5 Å². The van der Waals surface area contributed by atoms with Gasteiger partial charge in [-0.2, -0.15) is 5.10 Å². The molecular weight excluding hydrogens is 318 g/mol. The summed E-state index contributed by atoms with van der Waals surface area (Å²) in [6, 6.07) is 13.7. The number of nitrogens with zero attached hydrogens (tertiary/aromatic N) is 3. The maximum atomic E-state index is 11.1. The number of rotatable bonds is 4. The van der Waals surface area contributed by atoms with Gasteiger partial charge in [-0.25, -0.2) is 5.43 Å². The molecule has 2 aromatic carbocycles. The third-order valence-corrected chi connectivity index (χ3v) is 3.31. The van der Waals surface area contributed by atoms with Crippen LogP contribution in [0, 0.1) is 10.1 Å². The highest BCUT2D eigenvalue weighted by Gasteiger charge is 2.16. The second-order valence-corrected chi connectivity index (χ2v) is 4.88. The Balaban J connectivity index is 2.54. The Labute approximate surface area is 137 Å². The highest BCUT2D eigenvalue weighted by atomic mass is 35.5. The fourth-order valence-electron chi connectivity index (χ4n) is 1.85. The van der Waals surface area contributed by atoms with Crippen LogP contribution >= 0.6 is 11.6 Å². The minimum absolute atomic E-state index is 0.0637. The molecule has 0 radical (unpaired) electrons. The van der Waals surface area contributed by atoms with Gasteiger partial charge in [-0.15, -0.1) is 0 Å². The second-order valence-electron chi connectivity index (χ2n) is 4.47. The van der Waals surface area contributed by atoms with Gasteiger partial charge in [0.15, 0.2) is 0 Å². The number of hydrazone groups is 1. The van der Waals surface area contributed by atoms with Gasteiger partial charge in [0.1, 0.15) is 5.02 Å². The number of hydrogen-bond donors (Lipinski definition) is 2. The molecule has 7 nitrogen and oxygen atoms in total. The standard InChI is InChI=1S/C15H14ClN5O2/c1-18-15(17)20-19-14(10-5-3-2-4-6-10)11-7-8-12(16)13(9-11)21(22)23/h2-9H,1H3,(H3,17,18,20)/b19-14+. The van der Waals surface area contributed by atoms with Gasteiger partial charge >= 0.3 is 0 Å². The average molecular weight is 332 g/mol. The molecule has 0 bridgehead atoms. The van der Waals surface area contributed by atoms with Crippen LogP contribution in [-0.4, -0.2) is 23.6 Å². The number of halogens is 1. The van der Waals surface area contributed by atoms with Gasteiger partial charge < -0.3 is 5.73 Å². The van der Waals surface area contributed by atoms with Gasteiger partial charge in [0.25, 0.3) is 5.69 Å².